The molecule has 0 unspecified atom stereocenters. The average molecular weight is 191 g/mol. The zero-order chi connectivity index (χ0) is 7.61. The van der Waals surface area contributed by atoms with Crippen LogP contribution in [0.2, 0.25) is 0 Å². The minimum absolute atomic E-state index is 0. The number of benzene rings is 1. The first-order valence-electron chi connectivity index (χ1n) is 3.43. The Labute approximate surface area is 78.9 Å². The molecule has 0 spiro atoms. The molecule has 0 saturated heterocycles. The van der Waals surface area contributed by atoms with E-state index < -0.39 is 0 Å². The minimum Gasteiger partial charge on any atom is -0.335 e. The van der Waals surface area contributed by atoms with Crippen LogP contribution in [-0.2, 0) is 21.9 Å². The Morgan fingerprint density at radius 1 is 1.36 bits per heavy atom. The van der Waals surface area contributed by atoms with Crippen LogP contribution in [0.15, 0.2) is 24.3 Å². The molecular weight excluding hydrogens is 179 g/mol. The molecule has 0 saturated carbocycles. The summed E-state index contributed by atoms with van der Waals surface area (Å²) in [6.45, 7) is 8.17. The van der Waals surface area contributed by atoms with Crippen LogP contribution in [-0.4, -0.2) is 0 Å². The molecule has 0 N–H and O–H groups in total. The van der Waals surface area contributed by atoms with E-state index in [1.807, 2.05) is 24.3 Å². The molecule has 0 atom stereocenters. The summed E-state index contributed by atoms with van der Waals surface area (Å²) >= 11 is 0. The topological polar surface area (TPSA) is 0 Å². The average Bonchev–Trinajstić information content (AvgIpc) is 1.88. The zero-order valence-corrected chi connectivity index (χ0v) is 7.82. The van der Waals surface area contributed by atoms with Crippen molar-refractivity contribution in [3.8, 4) is 0 Å². The van der Waals surface area contributed by atoms with Gasteiger partial charge in [-0.05, 0) is 0 Å². The van der Waals surface area contributed by atoms with Crippen molar-refractivity contribution in [3.63, 3.8) is 0 Å². The molecule has 0 radical (unpaired) electrons. The molecule has 1 aromatic rings. The molecule has 0 fully saturated rings. The summed E-state index contributed by atoms with van der Waals surface area (Å²) in [6.07, 6.45) is 0. The van der Waals surface area contributed by atoms with Crippen molar-refractivity contribution in [1.82, 2.24) is 0 Å². The Balaban J connectivity index is 0.000001000. The van der Waals surface area contributed by atoms with Crippen molar-refractivity contribution in [2.45, 2.75) is 19.3 Å². The quantitative estimate of drug-likeness (QED) is 0.472. The van der Waals surface area contributed by atoms with Crippen molar-refractivity contribution >= 4 is 0 Å². The fourth-order valence-corrected chi connectivity index (χ4v) is 0.814. The van der Waals surface area contributed by atoms with E-state index in [0.717, 1.165) is 5.56 Å². The Morgan fingerprint density at radius 2 is 2.00 bits per heavy atom. The number of rotatable bonds is 1. The standard InChI is InChI=1S/C10H12.Ni/c1-10(2,3)9-7-5-4-6-8-9;/h4-7H,1H2,2-3H3;/q-2;+2. The normalized spacial score (nSPS) is 10.5. The van der Waals surface area contributed by atoms with Gasteiger partial charge >= 0.3 is 16.5 Å². The van der Waals surface area contributed by atoms with E-state index >= 15 is 0 Å². The smallest absolute Gasteiger partial charge is 0.335 e. The summed E-state index contributed by atoms with van der Waals surface area (Å²) in [5, 5.41) is 0. The van der Waals surface area contributed by atoms with Crippen LogP contribution in [0.5, 0.6) is 0 Å². The van der Waals surface area contributed by atoms with Gasteiger partial charge in [-0.2, -0.15) is 41.3 Å². The van der Waals surface area contributed by atoms with Gasteiger partial charge in [0.15, 0.2) is 0 Å². The van der Waals surface area contributed by atoms with Gasteiger partial charge in [-0.25, -0.2) is 0 Å². The van der Waals surface area contributed by atoms with Gasteiger partial charge in [-0.1, -0.05) is 13.8 Å². The molecule has 1 rings (SSSR count). The van der Waals surface area contributed by atoms with E-state index in [0.29, 0.717) is 0 Å². The van der Waals surface area contributed by atoms with Gasteiger partial charge in [-0.3, -0.25) is 0 Å². The first-order chi connectivity index (χ1) is 4.61. The first kappa shape index (κ1) is 10.7. The van der Waals surface area contributed by atoms with Gasteiger partial charge in [-0.15, -0.1) is 0 Å². The molecule has 11 heavy (non-hydrogen) atoms. The van der Waals surface area contributed by atoms with Crippen molar-refractivity contribution in [2.75, 3.05) is 0 Å². The molecule has 0 bridgehead atoms. The molecule has 0 aliphatic rings. The summed E-state index contributed by atoms with van der Waals surface area (Å²) in [6, 6.07) is 11.1. The second-order valence-electron chi connectivity index (χ2n) is 3.16. The summed E-state index contributed by atoms with van der Waals surface area (Å²) in [7, 11) is 0. The van der Waals surface area contributed by atoms with Crippen LogP contribution in [0.3, 0.4) is 0 Å². The molecule has 62 valence electrons. The maximum absolute atomic E-state index is 4.01. The molecule has 0 heterocycles. The van der Waals surface area contributed by atoms with E-state index in [2.05, 4.69) is 26.8 Å². The molecule has 1 heteroatoms. The SMILES string of the molecule is [CH2-]C(C)(C)c1[c-]cccc1.[Ni+2]. The second-order valence-corrected chi connectivity index (χ2v) is 3.16. The Hall–Kier alpha value is -0.286. The van der Waals surface area contributed by atoms with Gasteiger partial charge in [0.1, 0.15) is 0 Å². The molecule has 0 amide bonds. The summed E-state index contributed by atoms with van der Waals surface area (Å²) in [4.78, 5) is 0. The Kier molecular flexibility index (Phi) is 3.82. The summed E-state index contributed by atoms with van der Waals surface area (Å²) in [5.41, 5.74) is 1.15. The monoisotopic (exact) mass is 190 g/mol. The maximum Gasteiger partial charge on any atom is 2.00 e. The van der Waals surface area contributed by atoms with Gasteiger partial charge in [0, 0.05) is 0 Å². The third-order valence-corrected chi connectivity index (χ3v) is 1.44. The molecule has 0 aliphatic carbocycles. The molecule has 0 aliphatic heterocycles. The third kappa shape index (κ3) is 3.07. The second kappa shape index (κ2) is 3.92. The Bertz CT molecular complexity index is 196. The minimum atomic E-state index is -0.0126. The van der Waals surface area contributed by atoms with Crippen LogP contribution in [0.25, 0.3) is 0 Å². The predicted molar refractivity (Wildman–Crippen MR) is 43.7 cm³/mol. The van der Waals surface area contributed by atoms with E-state index in [9.17, 15) is 0 Å². The molecular formula is C10H12Ni. The number of hydrogen-bond acceptors (Lipinski definition) is 0. The van der Waals surface area contributed by atoms with Crippen LogP contribution >= 0.6 is 0 Å². The van der Waals surface area contributed by atoms with E-state index in [-0.39, 0.29) is 21.9 Å². The van der Waals surface area contributed by atoms with Crippen molar-refractivity contribution in [2.24, 2.45) is 0 Å². The van der Waals surface area contributed by atoms with E-state index in [1.165, 1.54) is 0 Å². The van der Waals surface area contributed by atoms with Crippen LogP contribution in [0.4, 0.5) is 0 Å². The molecule has 0 nitrogen and oxygen atoms in total. The van der Waals surface area contributed by atoms with Gasteiger partial charge in [0.05, 0.1) is 0 Å². The van der Waals surface area contributed by atoms with Gasteiger partial charge in [0.25, 0.3) is 0 Å². The van der Waals surface area contributed by atoms with Crippen LogP contribution in [0.1, 0.15) is 19.4 Å². The molecule has 0 aromatic heterocycles. The fourth-order valence-electron chi connectivity index (χ4n) is 0.814. The van der Waals surface area contributed by atoms with Crippen molar-refractivity contribution in [1.29, 1.82) is 0 Å². The van der Waals surface area contributed by atoms with Gasteiger partial charge < -0.3 is 6.92 Å². The third-order valence-electron chi connectivity index (χ3n) is 1.44. The zero-order valence-electron chi connectivity index (χ0n) is 6.83. The summed E-state index contributed by atoms with van der Waals surface area (Å²) in [5.74, 6) is 0. The maximum atomic E-state index is 4.01. The van der Waals surface area contributed by atoms with Crippen LogP contribution < -0.4 is 0 Å². The Morgan fingerprint density at radius 3 is 2.27 bits per heavy atom. The van der Waals surface area contributed by atoms with Gasteiger partial charge in [0.2, 0.25) is 0 Å². The van der Waals surface area contributed by atoms with Crippen LogP contribution in [0, 0.1) is 13.0 Å². The van der Waals surface area contributed by atoms with Crippen molar-refractivity contribution in [3.05, 3.63) is 42.8 Å². The largest absolute Gasteiger partial charge is 2.00 e. The predicted octanol–water partition coefficient (Wildman–Crippen LogP) is 2.60. The molecule has 1 aromatic carbocycles. The van der Waals surface area contributed by atoms with Crippen molar-refractivity contribution < 1.29 is 16.5 Å². The van der Waals surface area contributed by atoms with E-state index in [4.69, 9.17) is 0 Å². The van der Waals surface area contributed by atoms with E-state index in [1.54, 1.807) is 0 Å². The fraction of sp³-hybridized carbons (Fsp3) is 0.300. The number of hydrogen-bond donors (Lipinski definition) is 0. The first-order valence-corrected chi connectivity index (χ1v) is 3.43. The summed E-state index contributed by atoms with van der Waals surface area (Å²) < 4.78 is 0.